The largest absolute Gasteiger partial charge is 0.315 e. The van der Waals surface area contributed by atoms with E-state index in [2.05, 4.69) is 4.99 Å². The number of aryl methyl sites for hydroxylation is 1. The van der Waals surface area contributed by atoms with Crippen molar-refractivity contribution in [3.63, 3.8) is 0 Å². The van der Waals surface area contributed by atoms with Crippen LogP contribution in [0, 0.1) is 0 Å². The quantitative estimate of drug-likeness (QED) is 0.570. The van der Waals surface area contributed by atoms with Gasteiger partial charge in [-0.3, -0.25) is 4.79 Å². The topological polar surface area (TPSA) is 34.4 Å². The number of carbonyl (C=O) groups excluding carboxylic acids is 1. The molecule has 3 aromatic rings. The minimum Gasteiger partial charge on any atom is -0.315 e. The average molecular weight is 383 g/mol. The molecule has 2 heterocycles. The first-order valence-electron chi connectivity index (χ1n) is 6.87. The first-order chi connectivity index (χ1) is 11.1. The molecule has 3 nitrogen and oxygen atoms in total. The normalized spacial score (nSPS) is 12.6. The van der Waals surface area contributed by atoms with Gasteiger partial charge in [0.1, 0.15) is 0 Å². The summed E-state index contributed by atoms with van der Waals surface area (Å²) in [7, 11) is 0. The summed E-state index contributed by atoms with van der Waals surface area (Å²) in [5, 5.41) is 3.17. The fraction of sp³-hybridized carbons (Fsp3) is 0.125. The lowest BCUT2D eigenvalue weighted by Crippen LogP contribution is -2.15. The van der Waals surface area contributed by atoms with E-state index in [1.165, 1.54) is 17.4 Å². The highest BCUT2D eigenvalue weighted by molar-refractivity contribution is 7.17. The molecule has 0 fully saturated rings. The SMILES string of the molecule is CCn1c(=NC(=O)C=Cc2cccs2)sc2c(Cl)ccc(Cl)c21. The lowest BCUT2D eigenvalue weighted by molar-refractivity contribution is -0.113. The monoisotopic (exact) mass is 382 g/mol. The smallest absolute Gasteiger partial charge is 0.272 e. The summed E-state index contributed by atoms with van der Waals surface area (Å²) in [5.41, 5.74) is 0.820. The molecule has 23 heavy (non-hydrogen) atoms. The molecule has 0 unspecified atom stereocenters. The Bertz CT molecular complexity index is 953. The van der Waals surface area contributed by atoms with Gasteiger partial charge in [0.25, 0.3) is 5.91 Å². The van der Waals surface area contributed by atoms with E-state index in [0.717, 1.165) is 15.1 Å². The van der Waals surface area contributed by atoms with Crippen LogP contribution in [0.15, 0.2) is 40.7 Å². The van der Waals surface area contributed by atoms with Crippen molar-refractivity contribution in [1.29, 1.82) is 0 Å². The van der Waals surface area contributed by atoms with Crippen molar-refractivity contribution in [2.24, 2.45) is 4.99 Å². The fourth-order valence-corrected chi connectivity index (χ4v) is 4.49. The molecule has 0 N–H and O–H groups in total. The molecule has 0 spiro atoms. The molecule has 0 radical (unpaired) electrons. The molecule has 1 aromatic carbocycles. The van der Waals surface area contributed by atoms with Crippen LogP contribution in [0.5, 0.6) is 0 Å². The van der Waals surface area contributed by atoms with Gasteiger partial charge in [-0.05, 0) is 36.6 Å². The van der Waals surface area contributed by atoms with Crippen LogP contribution in [0.25, 0.3) is 16.3 Å². The first kappa shape index (κ1) is 16.5. The van der Waals surface area contributed by atoms with Crippen LogP contribution in [0.4, 0.5) is 0 Å². The lowest BCUT2D eigenvalue weighted by atomic mass is 10.3. The van der Waals surface area contributed by atoms with Gasteiger partial charge in [-0.1, -0.05) is 40.6 Å². The Balaban J connectivity index is 2.07. The number of benzene rings is 1. The van der Waals surface area contributed by atoms with Gasteiger partial charge in [0.15, 0.2) is 4.80 Å². The maximum atomic E-state index is 12.1. The Morgan fingerprint density at radius 3 is 2.78 bits per heavy atom. The molecule has 0 saturated carbocycles. The zero-order chi connectivity index (χ0) is 16.4. The van der Waals surface area contributed by atoms with Gasteiger partial charge in [0.05, 0.1) is 20.3 Å². The predicted octanol–water partition coefficient (Wildman–Crippen LogP) is 5.23. The number of thiazole rings is 1. The predicted molar refractivity (Wildman–Crippen MR) is 99.4 cm³/mol. The van der Waals surface area contributed by atoms with E-state index in [9.17, 15) is 4.79 Å². The Kier molecular flexibility index (Phi) is 5.02. The van der Waals surface area contributed by atoms with Crippen LogP contribution in [-0.2, 0) is 11.3 Å². The molecular weight excluding hydrogens is 371 g/mol. The Hall–Kier alpha value is -1.40. The van der Waals surface area contributed by atoms with Gasteiger partial charge in [-0.25, -0.2) is 0 Å². The van der Waals surface area contributed by atoms with Crippen LogP contribution < -0.4 is 4.80 Å². The van der Waals surface area contributed by atoms with Crippen molar-refractivity contribution >= 4 is 68.1 Å². The molecule has 7 heteroatoms. The van der Waals surface area contributed by atoms with E-state index >= 15 is 0 Å². The average Bonchev–Trinajstić information content (AvgIpc) is 3.16. The summed E-state index contributed by atoms with van der Waals surface area (Å²) in [6.07, 6.45) is 3.24. The Labute approximate surface area is 151 Å². The number of hydrogen-bond donors (Lipinski definition) is 0. The maximum absolute atomic E-state index is 12.1. The molecule has 0 aliphatic heterocycles. The molecule has 0 saturated heterocycles. The minimum atomic E-state index is -0.306. The van der Waals surface area contributed by atoms with E-state index in [-0.39, 0.29) is 5.91 Å². The third-order valence-corrected chi connectivity index (χ3v) is 5.86. The molecular formula is C16H12Cl2N2OS2. The van der Waals surface area contributed by atoms with Gasteiger partial charge in [0.2, 0.25) is 0 Å². The van der Waals surface area contributed by atoms with E-state index in [1.807, 2.05) is 29.0 Å². The number of fused-ring (bicyclic) bond motifs is 1. The first-order valence-corrected chi connectivity index (χ1v) is 9.33. The number of thiophene rings is 1. The highest BCUT2D eigenvalue weighted by atomic mass is 35.5. The second-order valence-corrected chi connectivity index (χ2v) is 7.41. The van der Waals surface area contributed by atoms with Crippen molar-refractivity contribution in [2.45, 2.75) is 13.5 Å². The number of hydrogen-bond acceptors (Lipinski definition) is 3. The van der Waals surface area contributed by atoms with E-state index in [0.29, 0.717) is 21.4 Å². The minimum absolute atomic E-state index is 0.306. The molecule has 0 aliphatic carbocycles. The summed E-state index contributed by atoms with van der Waals surface area (Å²) in [5.74, 6) is -0.306. The molecule has 0 atom stereocenters. The lowest BCUT2D eigenvalue weighted by Gasteiger charge is -2.02. The second-order valence-electron chi connectivity index (χ2n) is 4.63. The third kappa shape index (κ3) is 3.43. The second kappa shape index (κ2) is 7.01. The number of carbonyl (C=O) groups is 1. The number of amides is 1. The van der Waals surface area contributed by atoms with Gasteiger partial charge < -0.3 is 4.57 Å². The molecule has 0 aliphatic rings. The third-order valence-electron chi connectivity index (χ3n) is 3.18. The maximum Gasteiger partial charge on any atom is 0.272 e. The van der Waals surface area contributed by atoms with Gasteiger partial charge in [0, 0.05) is 17.5 Å². The summed E-state index contributed by atoms with van der Waals surface area (Å²) in [6, 6.07) is 7.39. The fourth-order valence-electron chi connectivity index (χ4n) is 2.16. The van der Waals surface area contributed by atoms with Gasteiger partial charge in [-0.15, -0.1) is 11.3 Å². The number of aromatic nitrogens is 1. The highest BCUT2D eigenvalue weighted by Gasteiger charge is 2.12. The van der Waals surface area contributed by atoms with Crippen molar-refractivity contribution in [3.8, 4) is 0 Å². The Morgan fingerprint density at radius 1 is 1.30 bits per heavy atom. The van der Waals surface area contributed by atoms with E-state index in [1.54, 1.807) is 29.5 Å². The van der Waals surface area contributed by atoms with Crippen LogP contribution in [0.2, 0.25) is 10.0 Å². The van der Waals surface area contributed by atoms with Gasteiger partial charge in [-0.2, -0.15) is 4.99 Å². The van der Waals surface area contributed by atoms with Crippen molar-refractivity contribution < 1.29 is 4.79 Å². The molecule has 2 aromatic heterocycles. The van der Waals surface area contributed by atoms with Crippen molar-refractivity contribution in [2.75, 3.05) is 0 Å². The summed E-state index contributed by atoms with van der Waals surface area (Å²) in [6.45, 7) is 2.63. The van der Waals surface area contributed by atoms with Crippen LogP contribution in [-0.4, -0.2) is 10.5 Å². The molecule has 3 rings (SSSR count). The van der Waals surface area contributed by atoms with Crippen LogP contribution >= 0.6 is 45.9 Å². The van der Waals surface area contributed by atoms with Crippen molar-refractivity contribution in [1.82, 2.24) is 4.57 Å². The number of nitrogens with zero attached hydrogens (tertiary/aromatic N) is 2. The number of halogens is 2. The van der Waals surface area contributed by atoms with Crippen LogP contribution in [0.3, 0.4) is 0 Å². The van der Waals surface area contributed by atoms with Gasteiger partial charge >= 0.3 is 0 Å². The zero-order valence-electron chi connectivity index (χ0n) is 12.1. The Morgan fingerprint density at radius 2 is 2.09 bits per heavy atom. The van der Waals surface area contributed by atoms with Crippen molar-refractivity contribution in [3.05, 3.63) is 55.4 Å². The van der Waals surface area contributed by atoms with E-state index in [4.69, 9.17) is 23.2 Å². The standard InChI is InChI=1S/C16H12Cl2N2OS2/c1-2-20-14-11(17)6-7-12(18)15(14)23-16(20)19-13(21)8-5-10-4-3-9-22-10/h3-9H,2H2,1H3. The summed E-state index contributed by atoms with van der Waals surface area (Å²) < 4.78 is 2.75. The van der Waals surface area contributed by atoms with E-state index < -0.39 is 0 Å². The van der Waals surface area contributed by atoms with Crippen LogP contribution in [0.1, 0.15) is 11.8 Å². The highest BCUT2D eigenvalue weighted by Crippen LogP contribution is 2.31. The number of rotatable bonds is 3. The molecule has 1 amide bonds. The molecule has 118 valence electrons. The summed E-state index contributed by atoms with van der Waals surface area (Å²) in [4.78, 5) is 17.9. The molecule has 0 bridgehead atoms. The summed E-state index contributed by atoms with van der Waals surface area (Å²) >= 11 is 15.5. The zero-order valence-corrected chi connectivity index (χ0v) is 15.3.